The third kappa shape index (κ3) is 2.28. The first-order valence-corrected chi connectivity index (χ1v) is 2.70. The lowest BCUT2D eigenvalue weighted by Crippen LogP contribution is -2.59. The molecule has 6 N–H and O–H groups in total. The van der Waals surface area contributed by atoms with Crippen LogP contribution >= 0.6 is 0 Å². The van der Waals surface area contributed by atoms with Gasteiger partial charge in [0.1, 0.15) is 6.10 Å². The highest BCUT2D eigenvalue weighted by atomic mass is 16.3. The van der Waals surface area contributed by atoms with Crippen LogP contribution in [-0.2, 0) is 0 Å². The Hall–Kier alpha value is -0.160. The summed E-state index contributed by atoms with van der Waals surface area (Å²) in [5.41, 5.74) is 9.30. The molecule has 0 aromatic carbocycles. The van der Waals surface area contributed by atoms with Crippen LogP contribution in [0.2, 0.25) is 0 Å². The van der Waals surface area contributed by atoms with E-state index in [1.54, 1.807) is 0 Å². The van der Waals surface area contributed by atoms with E-state index in [9.17, 15) is 0 Å². The van der Waals surface area contributed by atoms with E-state index in [0.717, 1.165) is 0 Å². The van der Waals surface area contributed by atoms with Crippen LogP contribution in [-0.4, -0.2) is 28.6 Å². The summed E-state index contributed by atoms with van der Waals surface area (Å²) in [5.74, 6) is 0. The average molecular weight is 133 g/mol. The monoisotopic (exact) mass is 133 g/mol. The number of hydrogen-bond acceptors (Lipinski definition) is 4. The molecule has 0 saturated carbocycles. The molecule has 0 heterocycles. The fourth-order valence-corrected chi connectivity index (χ4v) is 0.337. The molecule has 0 saturated heterocycles. The largest absolute Gasteiger partial charge is 0.394 e. The van der Waals surface area contributed by atoms with Crippen molar-refractivity contribution in [2.75, 3.05) is 6.61 Å². The second kappa shape index (κ2) is 3.12. The summed E-state index contributed by atoms with van der Waals surface area (Å²) in [6.07, 6.45) is -0.899. The molecule has 4 nitrogen and oxygen atoms in total. The van der Waals surface area contributed by atoms with E-state index in [0.29, 0.717) is 0 Å². The Bertz CT molecular complexity index is 85.0. The van der Waals surface area contributed by atoms with Gasteiger partial charge < -0.3 is 21.7 Å². The molecule has 0 aromatic rings. The molecule has 0 aliphatic rings. The van der Waals surface area contributed by atoms with Crippen molar-refractivity contribution in [1.29, 1.82) is 0 Å². The first kappa shape index (κ1) is 8.84. The summed E-state index contributed by atoms with van der Waals surface area (Å²) in [5, 5.41) is 17.2. The van der Waals surface area contributed by atoms with Crippen molar-refractivity contribution >= 4 is 0 Å². The van der Waals surface area contributed by atoms with Gasteiger partial charge in [0.15, 0.2) is 0 Å². The average Bonchev–Trinajstić information content (AvgIpc) is 1.86. The Balaban J connectivity index is 3.80. The van der Waals surface area contributed by atoms with Crippen LogP contribution < -0.4 is 11.5 Å². The summed E-state index contributed by atoms with van der Waals surface area (Å²) in [6, 6.07) is 0. The minimum atomic E-state index is -1.26. The smallest absolute Gasteiger partial charge is 0.108 e. The molecule has 55 valence electrons. The topological polar surface area (TPSA) is 92.5 Å². The van der Waals surface area contributed by atoms with Crippen molar-refractivity contribution in [2.24, 2.45) is 11.5 Å². The minimum absolute atomic E-state index is 0.189. The van der Waals surface area contributed by atoms with Gasteiger partial charge >= 0.3 is 0 Å². The Morgan fingerprint density at radius 1 is 1.56 bits per heavy atom. The van der Waals surface area contributed by atoms with Gasteiger partial charge in [-0.3, -0.25) is 0 Å². The maximum atomic E-state index is 8.85. The van der Waals surface area contributed by atoms with Crippen LogP contribution in [0, 0.1) is 6.92 Å². The molecule has 1 radical (unpaired) electrons. The van der Waals surface area contributed by atoms with Crippen LogP contribution in [0.4, 0.5) is 0 Å². The number of nitrogens with two attached hydrogens (primary N) is 2. The molecular formula is C5H13N2O2. The highest BCUT2D eigenvalue weighted by Gasteiger charge is 2.25. The van der Waals surface area contributed by atoms with Gasteiger partial charge in [-0.1, -0.05) is 6.92 Å². The third-order valence-electron chi connectivity index (χ3n) is 1.23. The highest BCUT2D eigenvalue weighted by molar-refractivity contribution is 4.85. The van der Waals surface area contributed by atoms with Crippen LogP contribution in [0.25, 0.3) is 0 Å². The molecule has 0 amide bonds. The molecule has 4 heteroatoms. The number of aliphatic hydroxyl groups is 2. The molecule has 0 spiro atoms. The molecule has 1 atom stereocenters. The maximum Gasteiger partial charge on any atom is 0.108 e. The van der Waals surface area contributed by atoms with Crippen molar-refractivity contribution in [3.63, 3.8) is 0 Å². The van der Waals surface area contributed by atoms with Crippen LogP contribution in [0.5, 0.6) is 0 Å². The quantitative estimate of drug-likeness (QED) is 0.341. The van der Waals surface area contributed by atoms with E-state index in [-0.39, 0.29) is 6.42 Å². The normalized spacial score (nSPS) is 15.7. The van der Waals surface area contributed by atoms with Gasteiger partial charge in [0.2, 0.25) is 0 Å². The summed E-state index contributed by atoms with van der Waals surface area (Å²) in [7, 11) is 0. The summed E-state index contributed by atoms with van der Waals surface area (Å²) < 4.78 is 0. The van der Waals surface area contributed by atoms with Gasteiger partial charge in [-0.25, -0.2) is 0 Å². The van der Waals surface area contributed by atoms with Crippen molar-refractivity contribution in [3.05, 3.63) is 6.92 Å². The summed E-state index contributed by atoms with van der Waals surface area (Å²) in [6.45, 7) is 2.98. The number of hydrogen-bond donors (Lipinski definition) is 4. The van der Waals surface area contributed by atoms with E-state index >= 15 is 0 Å². The third-order valence-corrected chi connectivity index (χ3v) is 1.23. The summed E-state index contributed by atoms with van der Waals surface area (Å²) in [4.78, 5) is 0. The molecule has 0 fully saturated rings. The fourth-order valence-electron chi connectivity index (χ4n) is 0.337. The van der Waals surface area contributed by atoms with Gasteiger partial charge in [0.25, 0.3) is 0 Å². The van der Waals surface area contributed by atoms with Crippen molar-refractivity contribution < 1.29 is 10.2 Å². The molecule has 0 rings (SSSR count). The first-order chi connectivity index (χ1) is 4.04. The molecule has 0 aliphatic heterocycles. The first-order valence-electron chi connectivity index (χ1n) is 2.70. The fraction of sp³-hybridized carbons (Fsp3) is 0.800. The zero-order valence-corrected chi connectivity index (χ0v) is 5.25. The standard InChI is InChI=1S/C5H13N2O2/c1-2-5(6,7)4(9)3-8/h4,8-9H,1-3,6-7H2. The van der Waals surface area contributed by atoms with Crippen molar-refractivity contribution in [1.82, 2.24) is 0 Å². The van der Waals surface area contributed by atoms with Crippen molar-refractivity contribution in [3.8, 4) is 0 Å². The van der Waals surface area contributed by atoms with E-state index in [4.69, 9.17) is 21.7 Å². The molecule has 0 aliphatic carbocycles. The van der Waals surface area contributed by atoms with Crippen molar-refractivity contribution in [2.45, 2.75) is 18.2 Å². The van der Waals surface area contributed by atoms with Crippen LogP contribution in [0.1, 0.15) is 6.42 Å². The Labute approximate surface area is 54.5 Å². The van der Waals surface area contributed by atoms with Gasteiger partial charge in [0, 0.05) is 0 Å². The van der Waals surface area contributed by atoms with E-state index in [1.807, 2.05) is 0 Å². The SMILES string of the molecule is [CH2]CC(N)(N)C(O)CO. The minimum Gasteiger partial charge on any atom is -0.394 e. The Morgan fingerprint density at radius 2 is 2.00 bits per heavy atom. The second-order valence-corrected chi connectivity index (χ2v) is 2.06. The number of rotatable bonds is 3. The van der Waals surface area contributed by atoms with E-state index in [2.05, 4.69) is 6.92 Å². The van der Waals surface area contributed by atoms with Gasteiger partial charge in [0.05, 0.1) is 12.3 Å². The van der Waals surface area contributed by atoms with Gasteiger partial charge in [-0.05, 0) is 6.42 Å². The predicted molar refractivity (Wildman–Crippen MR) is 34.2 cm³/mol. The lowest BCUT2D eigenvalue weighted by molar-refractivity contribution is 0.0335. The Kier molecular flexibility index (Phi) is 3.07. The lowest BCUT2D eigenvalue weighted by atomic mass is 10.0. The molecule has 0 bridgehead atoms. The molecule has 0 aromatic heterocycles. The van der Waals surface area contributed by atoms with Gasteiger partial charge in [-0.2, -0.15) is 0 Å². The van der Waals surface area contributed by atoms with Crippen LogP contribution in [0.3, 0.4) is 0 Å². The second-order valence-electron chi connectivity index (χ2n) is 2.06. The van der Waals surface area contributed by atoms with Crippen LogP contribution in [0.15, 0.2) is 0 Å². The zero-order chi connectivity index (χ0) is 7.49. The summed E-state index contributed by atoms with van der Waals surface area (Å²) >= 11 is 0. The lowest BCUT2D eigenvalue weighted by Gasteiger charge is -2.26. The molecular weight excluding hydrogens is 120 g/mol. The maximum absolute atomic E-state index is 8.85. The van der Waals surface area contributed by atoms with E-state index in [1.165, 1.54) is 0 Å². The predicted octanol–water partition coefficient (Wildman–Crippen LogP) is -1.82. The molecule has 9 heavy (non-hydrogen) atoms. The Morgan fingerprint density at radius 3 is 2.11 bits per heavy atom. The highest BCUT2D eigenvalue weighted by Crippen LogP contribution is 2.02. The zero-order valence-electron chi connectivity index (χ0n) is 5.25. The van der Waals surface area contributed by atoms with E-state index < -0.39 is 18.4 Å². The van der Waals surface area contributed by atoms with Gasteiger partial charge in [-0.15, -0.1) is 0 Å². The number of aliphatic hydroxyl groups excluding tert-OH is 2. The molecule has 1 unspecified atom stereocenters.